The lowest BCUT2D eigenvalue weighted by atomic mass is 9.94. The molecule has 118 valence electrons. The fourth-order valence-corrected chi connectivity index (χ4v) is 4.85. The van der Waals surface area contributed by atoms with Gasteiger partial charge in [-0.05, 0) is 48.9 Å². The zero-order valence-electron chi connectivity index (χ0n) is 12.5. The van der Waals surface area contributed by atoms with Gasteiger partial charge >= 0.3 is 0 Å². The van der Waals surface area contributed by atoms with Crippen molar-refractivity contribution in [2.24, 2.45) is 0 Å². The van der Waals surface area contributed by atoms with Gasteiger partial charge in [-0.25, -0.2) is 0 Å². The van der Waals surface area contributed by atoms with Gasteiger partial charge in [0.25, 0.3) is 5.91 Å². The molecule has 1 aliphatic carbocycles. The standard InChI is InChI=1S/C17H16N2O3S/c20-16-14-10-3-1-2-4-13(10)23-17(14)19-15(18-16)9-5-6-11-12(7-9)22-8-21-11/h5-7,15,19H,1-4,8H2,(H,18,20)/t15-/m1/s1. The van der Waals surface area contributed by atoms with E-state index in [1.54, 1.807) is 11.3 Å². The highest BCUT2D eigenvalue weighted by atomic mass is 32.1. The van der Waals surface area contributed by atoms with E-state index in [-0.39, 0.29) is 18.9 Å². The number of ether oxygens (including phenoxy) is 2. The van der Waals surface area contributed by atoms with E-state index in [9.17, 15) is 4.79 Å². The first-order chi connectivity index (χ1) is 11.3. The number of amides is 1. The normalized spacial score (nSPS) is 21.2. The third kappa shape index (κ3) is 2.01. The van der Waals surface area contributed by atoms with E-state index < -0.39 is 0 Å². The number of nitrogens with one attached hydrogen (secondary N) is 2. The summed E-state index contributed by atoms with van der Waals surface area (Å²) in [5.74, 6) is 1.51. The van der Waals surface area contributed by atoms with Gasteiger partial charge in [0.15, 0.2) is 11.5 Å². The summed E-state index contributed by atoms with van der Waals surface area (Å²) >= 11 is 1.74. The van der Waals surface area contributed by atoms with Gasteiger partial charge in [-0.2, -0.15) is 0 Å². The Bertz CT molecular complexity index is 814. The quantitative estimate of drug-likeness (QED) is 0.844. The summed E-state index contributed by atoms with van der Waals surface area (Å²) < 4.78 is 10.8. The zero-order valence-corrected chi connectivity index (χ0v) is 13.3. The molecule has 0 saturated heterocycles. The predicted molar refractivity (Wildman–Crippen MR) is 87.4 cm³/mol. The number of benzene rings is 1. The van der Waals surface area contributed by atoms with Gasteiger partial charge in [-0.1, -0.05) is 6.07 Å². The van der Waals surface area contributed by atoms with Crippen LogP contribution in [0.3, 0.4) is 0 Å². The number of hydrogen-bond acceptors (Lipinski definition) is 5. The topological polar surface area (TPSA) is 59.6 Å². The fraction of sp³-hybridized carbons (Fsp3) is 0.353. The van der Waals surface area contributed by atoms with Gasteiger partial charge in [0, 0.05) is 4.88 Å². The molecular formula is C17H16N2O3S. The monoisotopic (exact) mass is 328 g/mol. The molecule has 0 saturated carbocycles. The van der Waals surface area contributed by atoms with Crippen molar-refractivity contribution in [2.45, 2.75) is 31.8 Å². The molecule has 0 bridgehead atoms. The van der Waals surface area contributed by atoms with Crippen LogP contribution in [0.15, 0.2) is 18.2 Å². The Balaban J connectivity index is 1.51. The number of anilines is 1. The molecule has 0 spiro atoms. The SMILES string of the molecule is O=C1N[C@@H](c2ccc3c(c2)OCO3)Nc2sc3c(c21)CCCC3. The van der Waals surface area contributed by atoms with Gasteiger partial charge in [0.05, 0.1) is 5.56 Å². The third-order valence-electron chi connectivity index (χ3n) is 4.68. The second-order valence-corrected chi connectivity index (χ2v) is 7.18. The number of rotatable bonds is 1. The number of fused-ring (bicyclic) bond motifs is 4. The first kappa shape index (κ1) is 13.2. The van der Waals surface area contributed by atoms with E-state index in [1.165, 1.54) is 23.3 Å². The van der Waals surface area contributed by atoms with Crippen LogP contribution in [0.25, 0.3) is 0 Å². The van der Waals surface area contributed by atoms with Crippen molar-refractivity contribution in [3.8, 4) is 11.5 Å². The second kappa shape index (κ2) is 4.89. The van der Waals surface area contributed by atoms with Crippen LogP contribution in [0.2, 0.25) is 0 Å². The van der Waals surface area contributed by atoms with E-state index in [0.717, 1.165) is 40.5 Å². The molecule has 2 aromatic rings. The lowest BCUT2D eigenvalue weighted by Crippen LogP contribution is -2.38. The molecule has 5 rings (SSSR count). The molecule has 0 fully saturated rings. The van der Waals surface area contributed by atoms with Gasteiger partial charge in [0.1, 0.15) is 11.2 Å². The first-order valence-corrected chi connectivity index (χ1v) is 8.73. The third-order valence-corrected chi connectivity index (χ3v) is 5.90. The van der Waals surface area contributed by atoms with Gasteiger partial charge in [-0.3, -0.25) is 4.79 Å². The molecule has 1 aromatic heterocycles. The van der Waals surface area contributed by atoms with Gasteiger partial charge in [0.2, 0.25) is 6.79 Å². The Morgan fingerprint density at radius 1 is 1.09 bits per heavy atom. The van der Waals surface area contributed by atoms with Crippen molar-refractivity contribution in [2.75, 3.05) is 12.1 Å². The van der Waals surface area contributed by atoms with Crippen LogP contribution in [-0.4, -0.2) is 12.7 Å². The van der Waals surface area contributed by atoms with Gasteiger partial charge < -0.3 is 20.1 Å². The van der Waals surface area contributed by atoms with E-state index in [0.29, 0.717) is 0 Å². The maximum absolute atomic E-state index is 12.6. The van der Waals surface area contributed by atoms with Crippen LogP contribution in [0, 0.1) is 0 Å². The maximum Gasteiger partial charge on any atom is 0.256 e. The van der Waals surface area contributed by atoms with E-state index in [4.69, 9.17) is 9.47 Å². The van der Waals surface area contributed by atoms with Crippen LogP contribution in [0.4, 0.5) is 5.00 Å². The minimum absolute atomic E-state index is 0.0285. The summed E-state index contributed by atoms with van der Waals surface area (Å²) in [7, 11) is 0. The highest BCUT2D eigenvalue weighted by Gasteiger charge is 2.32. The van der Waals surface area contributed by atoms with Crippen molar-refractivity contribution >= 4 is 22.2 Å². The molecule has 3 heterocycles. The molecule has 5 nitrogen and oxygen atoms in total. The molecule has 3 aliphatic rings. The van der Waals surface area contributed by atoms with Crippen molar-refractivity contribution in [1.82, 2.24) is 5.32 Å². The Morgan fingerprint density at radius 3 is 2.91 bits per heavy atom. The first-order valence-electron chi connectivity index (χ1n) is 7.91. The summed E-state index contributed by atoms with van der Waals surface area (Å²) in [6.45, 7) is 0.255. The van der Waals surface area contributed by atoms with E-state index in [2.05, 4.69) is 10.6 Å². The van der Waals surface area contributed by atoms with Crippen LogP contribution in [0.1, 0.15) is 45.4 Å². The molecule has 0 unspecified atom stereocenters. The average molecular weight is 328 g/mol. The van der Waals surface area contributed by atoms with Crippen molar-refractivity contribution in [3.05, 3.63) is 39.8 Å². The average Bonchev–Trinajstić information content (AvgIpc) is 3.17. The van der Waals surface area contributed by atoms with Crippen LogP contribution in [-0.2, 0) is 12.8 Å². The zero-order chi connectivity index (χ0) is 15.4. The Hall–Kier alpha value is -2.21. The Morgan fingerprint density at radius 2 is 1.96 bits per heavy atom. The van der Waals surface area contributed by atoms with E-state index >= 15 is 0 Å². The minimum atomic E-state index is -0.232. The molecule has 1 atom stereocenters. The molecule has 1 aromatic carbocycles. The molecular weight excluding hydrogens is 312 g/mol. The van der Waals surface area contributed by atoms with Crippen LogP contribution >= 0.6 is 11.3 Å². The summed E-state index contributed by atoms with van der Waals surface area (Å²) in [6.07, 6.45) is 4.28. The molecule has 0 radical (unpaired) electrons. The van der Waals surface area contributed by atoms with Gasteiger partial charge in [-0.15, -0.1) is 11.3 Å². The van der Waals surface area contributed by atoms with E-state index in [1.807, 2.05) is 18.2 Å². The molecule has 2 N–H and O–H groups in total. The van der Waals surface area contributed by atoms with Crippen molar-refractivity contribution in [1.29, 1.82) is 0 Å². The van der Waals surface area contributed by atoms with Crippen LogP contribution < -0.4 is 20.1 Å². The van der Waals surface area contributed by atoms with Crippen molar-refractivity contribution < 1.29 is 14.3 Å². The summed E-state index contributed by atoms with van der Waals surface area (Å²) in [4.78, 5) is 14.0. The molecule has 2 aliphatic heterocycles. The summed E-state index contributed by atoms with van der Waals surface area (Å²) in [5.41, 5.74) is 3.09. The number of hydrogen-bond donors (Lipinski definition) is 2. The van der Waals surface area contributed by atoms with Crippen molar-refractivity contribution in [3.63, 3.8) is 0 Å². The number of aryl methyl sites for hydroxylation is 1. The predicted octanol–water partition coefficient (Wildman–Crippen LogP) is 3.21. The number of carbonyl (C=O) groups is 1. The highest BCUT2D eigenvalue weighted by Crippen LogP contribution is 2.42. The molecule has 23 heavy (non-hydrogen) atoms. The highest BCUT2D eigenvalue weighted by molar-refractivity contribution is 7.16. The minimum Gasteiger partial charge on any atom is -0.454 e. The second-order valence-electron chi connectivity index (χ2n) is 6.08. The largest absolute Gasteiger partial charge is 0.454 e. The lowest BCUT2D eigenvalue weighted by Gasteiger charge is -2.27. The maximum atomic E-state index is 12.6. The Kier molecular flexibility index (Phi) is 2.82. The fourth-order valence-electron chi connectivity index (χ4n) is 3.54. The molecule has 6 heteroatoms. The summed E-state index contributed by atoms with van der Waals surface area (Å²) in [6, 6.07) is 5.78. The molecule has 1 amide bonds. The lowest BCUT2D eigenvalue weighted by molar-refractivity contribution is 0.0935. The summed E-state index contributed by atoms with van der Waals surface area (Å²) in [5, 5.41) is 7.56. The number of thiophene rings is 1. The number of carbonyl (C=O) groups excluding carboxylic acids is 1. The smallest absolute Gasteiger partial charge is 0.256 e. The van der Waals surface area contributed by atoms with Crippen LogP contribution in [0.5, 0.6) is 11.5 Å². The Labute approximate surface area is 137 Å².